The molecule has 114 valence electrons. The van der Waals surface area contributed by atoms with Gasteiger partial charge in [-0.15, -0.1) is 0 Å². The number of rotatable bonds is 3. The van der Waals surface area contributed by atoms with Gasteiger partial charge in [-0.05, 0) is 80.4 Å². The standard InChI is InChI=1S/C19H27NO/c21-18-8-5-13(9-18)12-20-19-16-6-7-17(19)11-15-4-2-1-3-14(15)10-16/h1-4,13,16-21H,5-12H2. The number of aliphatic hydroxyl groups is 1. The van der Waals surface area contributed by atoms with Crippen molar-refractivity contribution >= 4 is 0 Å². The molecule has 1 aromatic carbocycles. The van der Waals surface area contributed by atoms with Crippen molar-refractivity contribution in [3.05, 3.63) is 35.4 Å². The Morgan fingerprint density at radius 3 is 2.19 bits per heavy atom. The number of fused-ring (bicyclic) bond motifs is 3. The lowest BCUT2D eigenvalue weighted by atomic mass is 9.94. The summed E-state index contributed by atoms with van der Waals surface area (Å²) in [5, 5.41) is 13.6. The van der Waals surface area contributed by atoms with Crippen molar-refractivity contribution in [1.29, 1.82) is 0 Å². The smallest absolute Gasteiger partial charge is 0.0543 e. The third kappa shape index (κ3) is 2.76. The molecule has 0 spiro atoms. The Hall–Kier alpha value is -0.860. The summed E-state index contributed by atoms with van der Waals surface area (Å²) < 4.78 is 0. The normalized spacial score (nSPS) is 38.2. The van der Waals surface area contributed by atoms with Gasteiger partial charge in [0.2, 0.25) is 0 Å². The highest BCUT2D eigenvalue weighted by atomic mass is 16.3. The van der Waals surface area contributed by atoms with Crippen molar-refractivity contribution in [3.8, 4) is 0 Å². The van der Waals surface area contributed by atoms with Crippen molar-refractivity contribution in [2.24, 2.45) is 17.8 Å². The fourth-order valence-electron chi connectivity index (χ4n) is 5.02. The van der Waals surface area contributed by atoms with Gasteiger partial charge < -0.3 is 10.4 Å². The van der Waals surface area contributed by atoms with E-state index in [0.29, 0.717) is 12.0 Å². The highest BCUT2D eigenvalue weighted by Crippen LogP contribution is 2.40. The number of hydrogen-bond donors (Lipinski definition) is 2. The molecule has 21 heavy (non-hydrogen) atoms. The molecule has 4 atom stereocenters. The highest BCUT2D eigenvalue weighted by molar-refractivity contribution is 5.30. The van der Waals surface area contributed by atoms with Crippen LogP contribution in [0.25, 0.3) is 0 Å². The van der Waals surface area contributed by atoms with Crippen LogP contribution in [-0.4, -0.2) is 23.8 Å². The van der Waals surface area contributed by atoms with Crippen LogP contribution in [0.15, 0.2) is 24.3 Å². The zero-order valence-corrected chi connectivity index (χ0v) is 12.8. The van der Waals surface area contributed by atoms with Crippen molar-refractivity contribution in [2.45, 2.75) is 57.1 Å². The summed E-state index contributed by atoms with van der Waals surface area (Å²) in [5.74, 6) is 2.35. The van der Waals surface area contributed by atoms with Gasteiger partial charge >= 0.3 is 0 Å². The van der Waals surface area contributed by atoms with E-state index in [4.69, 9.17) is 0 Å². The van der Waals surface area contributed by atoms with Crippen LogP contribution in [0.2, 0.25) is 0 Å². The van der Waals surface area contributed by atoms with Crippen LogP contribution in [0, 0.1) is 17.8 Å². The highest BCUT2D eigenvalue weighted by Gasteiger charge is 2.39. The first-order chi connectivity index (χ1) is 10.3. The van der Waals surface area contributed by atoms with E-state index in [9.17, 15) is 5.11 Å². The zero-order valence-electron chi connectivity index (χ0n) is 12.8. The Bertz CT molecular complexity index is 467. The fraction of sp³-hybridized carbons (Fsp3) is 0.684. The molecular formula is C19H27NO. The molecular weight excluding hydrogens is 258 g/mol. The Kier molecular flexibility index (Phi) is 3.76. The summed E-state index contributed by atoms with van der Waals surface area (Å²) in [7, 11) is 0. The van der Waals surface area contributed by atoms with Gasteiger partial charge in [0.05, 0.1) is 6.10 Å². The summed E-state index contributed by atoms with van der Waals surface area (Å²) in [6.45, 7) is 1.12. The van der Waals surface area contributed by atoms with Gasteiger partial charge in [-0.3, -0.25) is 0 Å². The van der Waals surface area contributed by atoms with Crippen molar-refractivity contribution in [2.75, 3.05) is 6.54 Å². The van der Waals surface area contributed by atoms with E-state index in [2.05, 4.69) is 29.6 Å². The number of aliphatic hydroxyl groups excluding tert-OH is 1. The van der Waals surface area contributed by atoms with Gasteiger partial charge in [-0.2, -0.15) is 0 Å². The average molecular weight is 285 g/mol. The molecule has 2 fully saturated rings. The molecule has 2 saturated carbocycles. The average Bonchev–Trinajstić information content (AvgIpc) is 2.99. The Balaban J connectivity index is 1.43. The molecule has 0 aliphatic heterocycles. The van der Waals surface area contributed by atoms with E-state index in [-0.39, 0.29) is 6.10 Å². The minimum Gasteiger partial charge on any atom is -0.393 e. The van der Waals surface area contributed by atoms with E-state index in [1.54, 1.807) is 11.1 Å². The first-order valence-corrected chi connectivity index (χ1v) is 8.78. The van der Waals surface area contributed by atoms with Crippen LogP contribution in [-0.2, 0) is 12.8 Å². The maximum Gasteiger partial charge on any atom is 0.0543 e. The molecule has 3 aliphatic rings. The monoisotopic (exact) mass is 285 g/mol. The molecule has 2 bridgehead atoms. The van der Waals surface area contributed by atoms with Gasteiger partial charge in [-0.1, -0.05) is 24.3 Å². The summed E-state index contributed by atoms with van der Waals surface area (Å²) in [5.41, 5.74) is 3.18. The topological polar surface area (TPSA) is 32.3 Å². The first-order valence-electron chi connectivity index (χ1n) is 8.78. The van der Waals surface area contributed by atoms with Gasteiger partial charge in [0.15, 0.2) is 0 Å². The van der Waals surface area contributed by atoms with Gasteiger partial charge in [0.25, 0.3) is 0 Å². The third-order valence-electron chi connectivity index (χ3n) is 6.16. The Morgan fingerprint density at radius 1 is 0.952 bits per heavy atom. The largest absolute Gasteiger partial charge is 0.393 e. The lowest BCUT2D eigenvalue weighted by Gasteiger charge is -2.25. The molecule has 0 saturated heterocycles. The maximum absolute atomic E-state index is 9.69. The molecule has 4 rings (SSSR count). The second kappa shape index (κ2) is 5.73. The van der Waals surface area contributed by atoms with E-state index in [1.807, 2.05) is 0 Å². The second-order valence-electron chi connectivity index (χ2n) is 7.54. The molecule has 2 nitrogen and oxygen atoms in total. The Morgan fingerprint density at radius 2 is 1.62 bits per heavy atom. The summed E-state index contributed by atoms with van der Waals surface area (Å²) >= 11 is 0. The predicted octanol–water partition coefficient (Wildman–Crippen LogP) is 2.93. The number of hydrogen-bond acceptors (Lipinski definition) is 2. The van der Waals surface area contributed by atoms with Gasteiger partial charge in [-0.25, -0.2) is 0 Å². The maximum atomic E-state index is 9.69. The van der Waals surface area contributed by atoms with E-state index in [0.717, 1.165) is 31.2 Å². The molecule has 0 amide bonds. The van der Waals surface area contributed by atoms with Crippen molar-refractivity contribution in [1.82, 2.24) is 5.32 Å². The van der Waals surface area contributed by atoms with Crippen molar-refractivity contribution in [3.63, 3.8) is 0 Å². The minimum absolute atomic E-state index is 0.0353. The number of nitrogens with one attached hydrogen (secondary N) is 1. The number of benzene rings is 1. The zero-order chi connectivity index (χ0) is 14.2. The fourth-order valence-corrected chi connectivity index (χ4v) is 5.02. The van der Waals surface area contributed by atoms with E-state index in [1.165, 1.54) is 32.1 Å². The lowest BCUT2D eigenvalue weighted by molar-refractivity contribution is 0.176. The second-order valence-corrected chi connectivity index (χ2v) is 7.54. The molecule has 4 unspecified atom stereocenters. The Labute approximate surface area is 128 Å². The molecule has 0 radical (unpaired) electrons. The third-order valence-corrected chi connectivity index (χ3v) is 6.16. The van der Waals surface area contributed by atoms with Crippen LogP contribution in [0.4, 0.5) is 0 Å². The predicted molar refractivity (Wildman–Crippen MR) is 85.2 cm³/mol. The van der Waals surface area contributed by atoms with Crippen LogP contribution in [0.3, 0.4) is 0 Å². The van der Waals surface area contributed by atoms with E-state index >= 15 is 0 Å². The van der Waals surface area contributed by atoms with Gasteiger partial charge in [0, 0.05) is 6.04 Å². The molecule has 0 aromatic heterocycles. The summed E-state index contributed by atoms with van der Waals surface area (Å²) in [6.07, 6.45) is 8.50. The molecule has 3 aliphatic carbocycles. The quantitative estimate of drug-likeness (QED) is 0.895. The first kappa shape index (κ1) is 13.8. The molecule has 0 heterocycles. The van der Waals surface area contributed by atoms with Crippen molar-refractivity contribution < 1.29 is 5.11 Å². The summed E-state index contributed by atoms with van der Waals surface area (Å²) in [6, 6.07) is 9.76. The van der Waals surface area contributed by atoms with Crippen LogP contribution < -0.4 is 5.32 Å². The van der Waals surface area contributed by atoms with Crippen LogP contribution >= 0.6 is 0 Å². The molecule has 2 heteroatoms. The summed E-state index contributed by atoms with van der Waals surface area (Å²) in [4.78, 5) is 0. The molecule has 1 aromatic rings. The van der Waals surface area contributed by atoms with Crippen LogP contribution in [0.5, 0.6) is 0 Å². The van der Waals surface area contributed by atoms with E-state index < -0.39 is 0 Å². The molecule has 2 N–H and O–H groups in total. The van der Waals surface area contributed by atoms with Crippen LogP contribution in [0.1, 0.15) is 43.2 Å². The van der Waals surface area contributed by atoms with Gasteiger partial charge in [0.1, 0.15) is 0 Å². The SMILES string of the molecule is OC1CCC(CNC2C3CCC2Cc2ccccc2C3)C1. The lowest BCUT2D eigenvalue weighted by Crippen LogP contribution is -2.40. The minimum atomic E-state index is -0.0353.